The molecule has 0 amide bonds. The summed E-state index contributed by atoms with van der Waals surface area (Å²) in [6.45, 7) is 4.30. The van der Waals surface area contributed by atoms with Crippen LogP contribution >= 0.6 is 0 Å². The first-order valence-corrected chi connectivity index (χ1v) is 15.6. The van der Waals surface area contributed by atoms with Crippen LogP contribution < -0.4 is 0 Å². The number of para-hydroxylation sites is 1. The van der Waals surface area contributed by atoms with Crippen molar-refractivity contribution >= 4 is 0 Å². The Bertz CT molecular complexity index is 2190. The summed E-state index contributed by atoms with van der Waals surface area (Å²) in [6, 6.07) is 50.2. The molecule has 3 heteroatoms. The van der Waals surface area contributed by atoms with Crippen molar-refractivity contribution in [1.29, 1.82) is 0 Å². The van der Waals surface area contributed by atoms with Crippen molar-refractivity contribution in [2.45, 2.75) is 19.3 Å². The standard InChI is InChI=1S/C43H32N2O/c1-28-13-11-14-29(2)42(28)32-26-30(33-15-5-8-21-39(33)46)25-31(27-32)38-20-12-23-41(45-38)43(40-22-9-10-24-44-40)36-18-6-3-16-34(36)35-17-4-7-19-37(35)43/h3-27,46H,1-2H3. The first-order chi connectivity index (χ1) is 22.6. The van der Waals surface area contributed by atoms with Crippen LogP contribution in [0.2, 0.25) is 0 Å². The largest absolute Gasteiger partial charge is 0.507 e. The van der Waals surface area contributed by atoms with E-state index in [0.29, 0.717) is 0 Å². The number of phenols is 1. The maximum atomic E-state index is 10.9. The number of hydrogen-bond acceptors (Lipinski definition) is 3. The van der Waals surface area contributed by atoms with Gasteiger partial charge < -0.3 is 5.11 Å². The number of aryl methyl sites for hydroxylation is 2. The van der Waals surface area contributed by atoms with Crippen molar-refractivity contribution in [1.82, 2.24) is 9.97 Å². The number of aromatic hydroxyl groups is 1. The Labute approximate surface area is 269 Å². The number of aromatic nitrogens is 2. The van der Waals surface area contributed by atoms with Gasteiger partial charge in [0.1, 0.15) is 11.2 Å². The van der Waals surface area contributed by atoms with E-state index in [1.54, 1.807) is 6.07 Å². The molecule has 1 N–H and O–H groups in total. The van der Waals surface area contributed by atoms with Crippen LogP contribution in [0.4, 0.5) is 0 Å². The number of benzene rings is 5. The number of rotatable bonds is 5. The van der Waals surface area contributed by atoms with Gasteiger partial charge in [-0.25, -0.2) is 0 Å². The molecule has 220 valence electrons. The molecule has 0 radical (unpaired) electrons. The van der Waals surface area contributed by atoms with Gasteiger partial charge in [0.25, 0.3) is 0 Å². The summed E-state index contributed by atoms with van der Waals surface area (Å²) in [4.78, 5) is 10.5. The van der Waals surface area contributed by atoms with Gasteiger partial charge in [0.05, 0.1) is 17.1 Å². The van der Waals surface area contributed by atoms with Crippen LogP contribution in [0.1, 0.15) is 33.6 Å². The predicted molar refractivity (Wildman–Crippen MR) is 187 cm³/mol. The average molecular weight is 593 g/mol. The first-order valence-electron chi connectivity index (χ1n) is 15.6. The lowest BCUT2D eigenvalue weighted by molar-refractivity contribution is 0.477. The summed E-state index contributed by atoms with van der Waals surface area (Å²) in [6.07, 6.45) is 1.87. The summed E-state index contributed by atoms with van der Waals surface area (Å²) in [7, 11) is 0. The van der Waals surface area contributed by atoms with E-state index in [1.165, 1.54) is 38.9 Å². The zero-order chi connectivity index (χ0) is 31.3. The van der Waals surface area contributed by atoms with E-state index in [-0.39, 0.29) is 5.75 Å². The SMILES string of the molecule is Cc1cccc(C)c1-c1cc(-c2cccc(C3(c4ccccn4)c4ccccc4-c4ccccc43)n2)cc(-c2ccccc2O)c1. The maximum absolute atomic E-state index is 10.9. The molecule has 1 aliphatic rings. The fourth-order valence-electron chi connectivity index (χ4n) is 7.37. The minimum atomic E-state index is -0.685. The molecule has 0 spiro atoms. The zero-order valence-electron chi connectivity index (χ0n) is 25.8. The van der Waals surface area contributed by atoms with Crippen LogP contribution in [0.3, 0.4) is 0 Å². The minimum Gasteiger partial charge on any atom is -0.507 e. The van der Waals surface area contributed by atoms with E-state index in [1.807, 2.05) is 30.5 Å². The van der Waals surface area contributed by atoms with Crippen LogP contribution in [0.5, 0.6) is 5.75 Å². The van der Waals surface area contributed by atoms with Crippen molar-refractivity contribution in [3.63, 3.8) is 0 Å². The van der Waals surface area contributed by atoms with Crippen molar-refractivity contribution in [3.8, 4) is 50.4 Å². The number of hydrogen-bond donors (Lipinski definition) is 1. The number of fused-ring (bicyclic) bond motifs is 3. The highest BCUT2D eigenvalue weighted by Crippen LogP contribution is 2.55. The second-order valence-electron chi connectivity index (χ2n) is 12.0. The van der Waals surface area contributed by atoms with E-state index in [0.717, 1.165) is 39.3 Å². The maximum Gasteiger partial charge on any atom is 0.123 e. The second kappa shape index (κ2) is 11.0. The molecule has 5 aromatic carbocycles. The quantitative estimate of drug-likeness (QED) is 0.216. The molecule has 0 saturated carbocycles. The lowest BCUT2D eigenvalue weighted by Gasteiger charge is -2.31. The van der Waals surface area contributed by atoms with E-state index >= 15 is 0 Å². The fraction of sp³-hybridized carbons (Fsp3) is 0.0698. The summed E-state index contributed by atoms with van der Waals surface area (Å²) in [5.41, 5.74) is 14.2. The van der Waals surface area contributed by atoms with Crippen LogP contribution in [-0.4, -0.2) is 15.1 Å². The Hall–Kier alpha value is -5.80. The number of nitrogens with zero attached hydrogens (tertiary/aromatic N) is 2. The van der Waals surface area contributed by atoms with E-state index in [2.05, 4.69) is 129 Å². The second-order valence-corrected chi connectivity index (χ2v) is 12.0. The van der Waals surface area contributed by atoms with Gasteiger partial charge in [0.15, 0.2) is 0 Å². The first kappa shape index (κ1) is 27.7. The summed E-state index contributed by atoms with van der Waals surface area (Å²) in [5, 5.41) is 10.9. The summed E-state index contributed by atoms with van der Waals surface area (Å²) >= 11 is 0. The van der Waals surface area contributed by atoms with Crippen LogP contribution in [-0.2, 0) is 5.41 Å². The summed E-state index contributed by atoms with van der Waals surface area (Å²) in [5.74, 6) is 0.252. The molecule has 0 unspecified atom stereocenters. The van der Waals surface area contributed by atoms with Gasteiger partial charge in [-0.1, -0.05) is 97.1 Å². The average Bonchev–Trinajstić information content (AvgIpc) is 3.40. The fourth-order valence-corrected chi connectivity index (χ4v) is 7.37. The van der Waals surface area contributed by atoms with Crippen molar-refractivity contribution in [2.75, 3.05) is 0 Å². The van der Waals surface area contributed by atoms with E-state index in [4.69, 9.17) is 9.97 Å². The molecule has 3 nitrogen and oxygen atoms in total. The predicted octanol–water partition coefficient (Wildman–Crippen LogP) is 10.2. The Morgan fingerprint density at radius 3 is 1.74 bits per heavy atom. The Kier molecular flexibility index (Phi) is 6.61. The van der Waals surface area contributed by atoms with E-state index < -0.39 is 5.41 Å². The van der Waals surface area contributed by atoms with Crippen LogP contribution in [0.25, 0.3) is 44.6 Å². The van der Waals surface area contributed by atoms with Crippen LogP contribution in [0, 0.1) is 13.8 Å². The Balaban J connectivity index is 1.40. The molecule has 1 aliphatic carbocycles. The highest BCUT2D eigenvalue weighted by molar-refractivity contribution is 5.87. The smallest absolute Gasteiger partial charge is 0.123 e. The third-order valence-electron chi connectivity index (χ3n) is 9.35. The van der Waals surface area contributed by atoms with Gasteiger partial charge in [-0.05, 0) is 112 Å². The van der Waals surface area contributed by atoms with Gasteiger partial charge in [0, 0.05) is 17.3 Å². The molecule has 8 rings (SSSR count). The molecule has 0 bridgehead atoms. The lowest BCUT2D eigenvalue weighted by atomic mass is 9.72. The number of pyridine rings is 2. The van der Waals surface area contributed by atoms with Crippen molar-refractivity contribution in [2.24, 2.45) is 0 Å². The molecule has 7 aromatic rings. The molecule has 46 heavy (non-hydrogen) atoms. The minimum absolute atomic E-state index is 0.252. The Morgan fingerprint density at radius 2 is 1.07 bits per heavy atom. The molecule has 2 aromatic heterocycles. The van der Waals surface area contributed by atoms with Gasteiger partial charge >= 0.3 is 0 Å². The lowest BCUT2D eigenvalue weighted by Crippen LogP contribution is -2.31. The van der Waals surface area contributed by atoms with E-state index in [9.17, 15) is 5.11 Å². The van der Waals surface area contributed by atoms with Gasteiger partial charge in [-0.15, -0.1) is 0 Å². The number of phenolic OH excluding ortho intramolecular Hbond substituents is 1. The monoisotopic (exact) mass is 592 g/mol. The van der Waals surface area contributed by atoms with Gasteiger partial charge in [-0.3, -0.25) is 9.97 Å². The third-order valence-corrected chi connectivity index (χ3v) is 9.35. The van der Waals surface area contributed by atoms with Gasteiger partial charge in [-0.2, -0.15) is 0 Å². The molecule has 0 aliphatic heterocycles. The van der Waals surface area contributed by atoms with Crippen molar-refractivity contribution in [3.05, 3.63) is 185 Å². The molecule has 0 saturated heterocycles. The third kappa shape index (κ3) is 4.28. The topological polar surface area (TPSA) is 46.0 Å². The molecule has 0 atom stereocenters. The highest BCUT2D eigenvalue weighted by Gasteiger charge is 2.48. The summed E-state index contributed by atoms with van der Waals surface area (Å²) < 4.78 is 0. The van der Waals surface area contributed by atoms with Gasteiger partial charge in [0.2, 0.25) is 0 Å². The molecular formula is C43H32N2O. The molecule has 2 heterocycles. The molecular weight excluding hydrogens is 560 g/mol. The normalized spacial score (nSPS) is 12.8. The highest BCUT2D eigenvalue weighted by atomic mass is 16.3. The van der Waals surface area contributed by atoms with Crippen LogP contribution in [0.15, 0.2) is 152 Å². The zero-order valence-corrected chi connectivity index (χ0v) is 25.8. The molecule has 0 fully saturated rings. The Morgan fingerprint density at radius 1 is 0.500 bits per heavy atom. The van der Waals surface area contributed by atoms with Crippen molar-refractivity contribution < 1.29 is 5.11 Å².